The molecule has 1 aromatic carbocycles. The smallest absolute Gasteiger partial charge is 0.139 e. The molecule has 1 aliphatic heterocycles. The summed E-state index contributed by atoms with van der Waals surface area (Å²) in [6.07, 6.45) is 2.59. The fourth-order valence-electron chi connectivity index (χ4n) is 2.82. The zero-order chi connectivity index (χ0) is 15.4. The predicted octanol–water partition coefficient (Wildman–Crippen LogP) is 2.26. The lowest BCUT2D eigenvalue weighted by molar-refractivity contribution is 0.0549. The quantitative estimate of drug-likeness (QED) is 0.766. The molecule has 0 saturated carbocycles. The third-order valence-electron chi connectivity index (χ3n) is 3.95. The molecule has 1 fully saturated rings. The Labute approximate surface area is 129 Å². The second-order valence-corrected chi connectivity index (χ2v) is 5.53. The number of aromatic nitrogens is 2. The topological polar surface area (TPSA) is 47.5 Å². The van der Waals surface area contributed by atoms with Crippen LogP contribution in [0, 0.1) is 11.7 Å². The standard InChI is InChI=1S/C16H20FN3O2/c1-21-6-7-22-10-12-4-5-20(9-12)16-14-8-13(17)2-3-15(14)18-11-19-16/h2-3,8,11-12H,4-7,9-10H2,1H3. The average molecular weight is 305 g/mol. The van der Waals surface area contributed by atoms with Crippen molar-refractivity contribution < 1.29 is 13.9 Å². The van der Waals surface area contributed by atoms with E-state index in [1.165, 1.54) is 18.5 Å². The number of benzene rings is 1. The van der Waals surface area contributed by atoms with Crippen LogP contribution in [-0.2, 0) is 9.47 Å². The van der Waals surface area contributed by atoms with E-state index in [1.807, 2.05) is 0 Å². The SMILES string of the molecule is COCCOCC1CCN(c2ncnc3ccc(F)cc23)C1. The van der Waals surface area contributed by atoms with Crippen LogP contribution >= 0.6 is 0 Å². The predicted molar refractivity (Wildman–Crippen MR) is 82.5 cm³/mol. The van der Waals surface area contributed by atoms with Crippen molar-refractivity contribution in [3.8, 4) is 0 Å². The summed E-state index contributed by atoms with van der Waals surface area (Å²) < 4.78 is 24.1. The van der Waals surface area contributed by atoms with Crippen LogP contribution < -0.4 is 4.90 Å². The van der Waals surface area contributed by atoms with E-state index in [9.17, 15) is 4.39 Å². The van der Waals surface area contributed by atoms with Crippen molar-refractivity contribution >= 4 is 16.7 Å². The third kappa shape index (κ3) is 3.34. The van der Waals surface area contributed by atoms with Crippen molar-refractivity contribution in [1.29, 1.82) is 0 Å². The van der Waals surface area contributed by atoms with Crippen LogP contribution in [0.2, 0.25) is 0 Å². The summed E-state index contributed by atoms with van der Waals surface area (Å²) in [5, 5.41) is 0.767. The summed E-state index contributed by atoms with van der Waals surface area (Å²) in [4.78, 5) is 10.8. The highest BCUT2D eigenvalue weighted by Gasteiger charge is 2.25. The van der Waals surface area contributed by atoms with Gasteiger partial charge in [-0.25, -0.2) is 14.4 Å². The number of halogens is 1. The Bertz CT molecular complexity index is 638. The van der Waals surface area contributed by atoms with Crippen molar-refractivity contribution in [1.82, 2.24) is 9.97 Å². The highest BCUT2D eigenvalue weighted by Crippen LogP contribution is 2.28. The molecule has 1 atom stereocenters. The Hall–Kier alpha value is -1.79. The summed E-state index contributed by atoms with van der Waals surface area (Å²) in [7, 11) is 1.67. The van der Waals surface area contributed by atoms with Crippen LogP contribution in [0.1, 0.15) is 6.42 Å². The summed E-state index contributed by atoms with van der Waals surface area (Å²) in [6.45, 7) is 3.73. The van der Waals surface area contributed by atoms with Gasteiger partial charge in [0.05, 0.1) is 25.3 Å². The molecule has 0 radical (unpaired) electrons. The number of nitrogens with zero attached hydrogens (tertiary/aromatic N) is 3. The van der Waals surface area contributed by atoms with Crippen LogP contribution in [0.5, 0.6) is 0 Å². The molecule has 1 saturated heterocycles. The maximum Gasteiger partial charge on any atom is 0.139 e. The Balaban J connectivity index is 1.69. The maximum atomic E-state index is 13.5. The number of ether oxygens (including phenoxy) is 2. The van der Waals surface area contributed by atoms with Gasteiger partial charge >= 0.3 is 0 Å². The molecule has 0 bridgehead atoms. The van der Waals surface area contributed by atoms with E-state index in [0.717, 1.165) is 42.8 Å². The van der Waals surface area contributed by atoms with Crippen LogP contribution in [0.3, 0.4) is 0 Å². The van der Waals surface area contributed by atoms with Gasteiger partial charge in [-0.05, 0) is 24.6 Å². The zero-order valence-corrected chi connectivity index (χ0v) is 12.7. The number of anilines is 1. The third-order valence-corrected chi connectivity index (χ3v) is 3.95. The van der Waals surface area contributed by atoms with Crippen molar-refractivity contribution in [2.45, 2.75) is 6.42 Å². The summed E-state index contributed by atoms with van der Waals surface area (Å²) in [5.74, 6) is 1.02. The summed E-state index contributed by atoms with van der Waals surface area (Å²) in [5.41, 5.74) is 0.770. The largest absolute Gasteiger partial charge is 0.382 e. The lowest BCUT2D eigenvalue weighted by Gasteiger charge is -2.19. The van der Waals surface area contributed by atoms with Crippen molar-refractivity contribution in [2.75, 3.05) is 44.9 Å². The average Bonchev–Trinajstić information content (AvgIpc) is 2.99. The number of hydrogen-bond acceptors (Lipinski definition) is 5. The molecule has 3 rings (SSSR count). The van der Waals surface area contributed by atoms with E-state index in [4.69, 9.17) is 9.47 Å². The van der Waals surface area contributed by atoms with E-state index in [1.54, 1.807) is 13.2 Å². The number of methoxy groups -OCH3 is 1. The first-order chi connectivity index (χ1) is 10.8. The van der Waals surface area contributed by atoms with Gasteiger partial charge < -0.3 is 14.4 Å². The Morgan fingerprint density at radius 1 is 1.32 bits per heavy atom. The molecule has 118 valence electrons. The minimum Gasteiger partial charge on any atom is -0.382 e. The molecule has 1 unspecified atom stereocenters. The van der Waals surface area contributed by atoms with E-state index in [2.05, 4.69) is 14.9 Å². The van der Waals surface area contributed by atoms with Crippen LogP contribution in [0.15, 0.2) is 24.5 Å². The fourth-order valence-corrected chi connectivity index (χ4v) is 2.82. The van der Waals surface area contributed by atoms with E-state index in [0.29, 0.717) is 19.1 Å². The minimum atomic E-state index is -0.262. The first-order valence-corrected chi connectivity index (χ1v) is 7.50. The summed E-state index contributed by atoms with van der Waals surface area (Å²) in [6, 6.07) is 4.62. The Kier molecular flexibility index (Phi) is 4.80. The van der Waals surface area contributed by atoms with Gasteiger partial charge in [-0.15, -0.1) is 0 Å². The molecule has 2 aromatic rings. The number of rotatable bonds is 6. The molecule has 0 amide bonds. The highest BCUT2D eigenvalue weighted by atomic mass is 19.1. The normalized spacial score (nSPS) is 18.3. The van der Waals surface area contributed by atoms with Gasteiger partial charge in [-0.1, -0.05) is 0 Å². The zero-order valence-electron chi connectivity index (χ0n) is 12.7. The molecule has 1 aromatic heterocycles. The molecule has 1 aliphatic rings. The van der Waals surface area contributed by atoms with Crippen molar-refractivity contribution in [2.24, 2.45) is 5.92 Å². The molecule has 0 N–H and O–H groups in total. The van der Waals surface area contributed by atoms with Gasteiger partial charge in [-0.2, -0.15) is 0 Å². The molecular weight excluding hydrogens is 285 g/mol. The number of fused-ring (bicyclic) bond motifs is 1. The van der Waals surface area contributed by atoms with Crippen LogP contribution in [0.25, 0.3) is 10.9 Å². The molecule has 0 aliphatic carbocycles. The highest BCUT2D eigenvalue weighted by molar-refractivity contribution is 5.89. The second kappa shape index (κ2) is 6.98. The van der Waals surface area contributed by atoms with Gasteiger partial charge in [0.15, 0.2) is 0 Å². The molecular formula is C16H20FN3O2. The first-order valence-electron chi connectivity index (χ1n) is 7.50. The molecule has 6 heteroatoms. The van der Waals surface area contributed by atoms with Crippen molar-refractivity contribution in [3.63, 3.8) is 0 Å². The fraction of sp³-hybridized carbons (Fsp3) is 0.500. The van der Waals surface area contributed by atoms with E-state index >= 15 is 0 Å². The van der Waals surface area contributed by atoms with E-state index < -0.39 is 0 Å². The summed E-state index contributed by atoms with van der Waals surface area (Å²) >= 11 is 0. The lowest BCUT2D eigenvalue weighted by Crippen LogP contribution is -2.23. The Morgan fingerprint density at radius 3 is 3.09 bits per heavy atom. The van der Waals surface area contributed by atoms with Gasteiger partial charge in [0.2, 0.25) is 0 Å². The molecule has 5 nitrogen and oxygen atoms in total. The van der Waals surface area contributed by atoms with Crippen molar-refractivity contribution in [3.05, 3.63) is 30.3 Å². The lowest BCUT2D eigenvalue weighted by atomic mass is 10.1. The molecule has 2 heterocycles. The van der Waals surface area contributed by atoms with Gasteiger partial charge in [0.25, 0.3) is 0 Å². The number of hydrogen-bond donors (Lipinski definition) is 0. The second-order valence-electron chi connectivity index (χ2n) is 5.53. The minimum absolute atomic E-state index is 0.262. The van der Waals surface area contributed by atoms with Crippen LogP contribution in [-0.4, -0.2) is 50.0 Å². The first kappa shape index (κ1) is 15.1. The van der Waals surface area contributed by atoms with Crippen LogP contribution in [0.4, 0.5) is 10.2 Å². The molecule has 0 spiro atoms. The van der Waals surface area contributed by atoms with Gasteiger partial charge in [-0.3, -0.25) is 0 Å². The maximum absolute atomic E-state index is 13.5. The monoisotopic (exact) mass is 305 g/mol. The molecule has 22 heavy (non-hydrogen) atoms. The van der Waals surface area contributed by atoms with E-state index in [-0.39, 0.29) is 5.82 Å². The van der Waals surface area contributed by atoms with Gasteiger partial charge in [0.1, 0.15) is 18.0 Å². The van der Waals surface area contributed by atoms with Gasteiger partial charge in [0, 0.05) is 31.5 Å². The Morgan fingerprint density at radius 2 is 2.23 bits per heavy atom.